The molecule has 5 heteroatoms. The summed E-state index contributed by atoms with van der Waals surface area (Å²) in [6.45, 7) is 14.3. The zero-order valence-corrected chi connectivity index (χ0v) is 15.5. The standard InChI is InChI=1S/C18H34O5/c1-7-15-17(22-9-13(4)5)16(21-8-12(2)3)11-20-10-14(6)18(19)23-15/h12-17H,7-11H2,1-6H3. The van der Waals surface area contributed by atoms with Crippen LogP contribution >= 0.6 is 0 Å². The van der Waals surface area contributed by atoms with Gasteiger partial charge in [-0.05, 0) is 25.2 Å². The van der Waals surface area contributed by atoms with E-state index in [-0.39, 0.29) is 30.2 Å². The molecule has 0 N–H and O–H groups in total. The first-order chi connectivity index (χ1) is 10.8. The quantitative estimate of drug-likeness (QED) is 0.672. The molecule has 0 amide bonds. The van der Waals surface area contributed by atoms with E-state index in [0.29, 0.717) is 44.7 Å². The minimum absolute atomic E-state index is 0.223. The molecular weight excluding hydrogens is 296 g/mol. The van der Waals surface area contributed by atoms with Gasteiger partial charge in [-0.25, -0.2) is 0 Å². The fourth-order valence-electron chi connectivity index (χ4n) is 2.39. The van der Waals surface area contributed by atoms with Crippen molar-refractivity contribution in [1.29, 1.82) is 0 Å². The SMILES string of the molecule is CCC1OC(=O)C(C)COCC(OCC(C)C)C1OCC(C)C. The summed E-state index contributed by atoms with van der Waals surface area (Å²) in [5, 5.41) is 0. The Labute approximate surface area is 141 Å². The first-order valence-corrected chi connectivity index (χ1v) is 8.86. The van der Waals surface area contributed by atoms with Gasteiger partial charge in [-0.1, -0.05) is 34.6 Å². The predicted molar refractivity (Wildman–Crippen MR) is 89.3 cm³/mol. The summed E-state index contributed by atoms with van der Waals surface area (Å²) in [6.07, 6.45) is -0.125. The molecule has 136 valence electrons. The molecule has 1 rings (SSSR count). The summed E-state index contributed by atoms with van der Waals surface area (Å²) in [5.74, 6) is 0.342. The van der Waals surface area contributed by atoms with Gasteiger partial charge in [0.05, 0.1) is 19.1 Å². The highest BCUT2D eigenvalue weighted by atomic mass is 16.6. The van der Waals surface area contributed by atoms with Crippen molar-refractivity contribution in [2.75, 3.05) is 26.4 Å². The molecule has 1 fully saturated rings. The lowest BCUT2D eigenvalue weighted by Crippen LogP contribution is -2.46. The van der Waals surface area contributed by atoms with E-state index in [0.717, 1.165) is 0 Å². The van der Waals surface area contributed by atoms with Gasteiger partial charge in [0.1, 0.15) is 18.3 Å². The largest absolute Gasteiger partial charge is 0.459 e. The van der Waals surface area contributed by atoms with Crippen molar-refractivity contribution in [1.82, 2.24) is 0 Å². The number of hydrogen-bond donors (Lipinski definition) is 0. The van der Waals surface area contributed by atoms with Gasteiger partial charge >= 0.3 is 5.97 Å². The van der Waals surface area contributed by atoms with Crippen LogP contribution in [0.25, 0.3) is 0 Å². The number of cyclic esters (lactones) is 1. The number of carbonyl (C=O) groups excluding carboxylic acids is 1. The third-order valence-corrected chi connectivity index (χ3v) is 3.72. The Hall–Kier alpha value is -0.650. The van der Waals surface area contributed by atoms with E-state index in [1.54, 1.807) is 0 Å². The van der Waals surface area contributed by atoms with Crippen molar-refractivity contribution in [2.24, 2.45) is 17.8 Å². The van der Waals surface area contributed by atoms with E-state index in [1.807, 2.05) is 13.8 Å². The van der Waals surface area contributed by atoms with Crippen LogP contribution in [-0.4, -0.2) is 50.7 Å². The maximum Gasteiger partial charge on any atom is 0.311 e. The fourth-order valence-corrected chi connectivity index (χ4v) is 2.39. The number of esters is 1. The summed E-state index contributed by atoms with van der Waals surface area (Å²) in [5.41, 5.74) is 0. The number of hydrogen-bond acceptors (Lipinski definition) is 5. The van der Waals surface area contributed by atoms with Crippen LogP contribution in [0.5, 0.6) is 0 Å². The third kappa shape index (κ3) is 7.19. The Morgan fingerprint density at radius 2 is 1.70 bits per heavy atom. The predicted octanol–water partition coefficient (Wildman–Crippen LogP) is 3.06. The van der Waals surface area contributed by atoms with Crippen LogP contribution in [0, 0.1) is 17.8 Å². The van der Waals surface area contributed by atoms with Crippen molar-refractivity contribution in [3.8, 4) is 0 Å². The Bertz CT molecular complexity index is 342. The van der Waals surface area contributed by atoms with Gasteiger partial charge in [0.15, 0.2) is 0 Å². The zero-order valence-electron chi connectivity index (χ0n) is 15.5. The molecule has 0 saturated carbocycles. The van der Waals surface area contributed by atoms with Crippen molar-refractivity contribution in [3.63, 3.8) is 0 Å². The van der Waals surface area contributed by atoms with Gasteiger partial charge < -0.3 is 18.9 Å². The maximum atomic E-state index is 12.1. The van der Waals surface area contributed by atoms with Crippen LogP contribution in [0.15, 0.2) is 0 Å². The molecule has 23 heavy (non-hydrogen) atoms. The molecule has 1 heterocycles. The molecule has 4 atom stereocenters. The van der Waals surface area contributed by atoms with E-state index in [2.05, 4.69) is 27.7 Å². The Balaban J connectivity index is 2.90. The second-order valence-electron chi connectivity index (χ2n) is 7.28. The second kappa shape index (κ2) is 10.3. The van der Waals surface area contributed by atoms with E-state index in [4.69, 9.17) is 18.9 Å². The lowest BCUT2D eigenvalue weighted by atomic mass is 10.0. The molecule has 5 nitrogen and oxygen atoms in total. The van der Waals surface area contributed by atoms with Crippen LogP contribution in [0.1, 0.15) is 48.0 Å². The molecule has 0 aromatic carbocycles. The smallest absolute Gasteiger partial charge is 0.311 e. The maximum absolute atomic E-state index is 12.1. The van der Waals surface area contributed by atoms with Crippen molar-refractivity contribution >= 4 is 5.97 Å². The average Bonchev–Trinajstić information content (AvgIpc) is 2.53. The minimum Gasteiger partial charge on any atom is -0.459 e. The summed E-state index contributed by atoms with van der Waals surface area (Å²) < 4.78 is 23.5. The number of ether oxygens (including phenoxy) is 4. The molecule has 0 radical (unpaired) electrons. The number of carbonyl (C=O) groups is 1. The minimum atomic E-state index is -0.303. The van der Waals surface area contributed by atoms with Crippen molar-refractivity contribution < 1.29 is 23.7 Å². The molecule has 0 aromatic heterocycles. The lowest BCUT2D eigenvalue weighted by molar-refractivity contribution is -0.174. The highest BCUT2D eigenvalue weighted by molar-refractivity contribution is 5.72. The molecule has 1 aliphatic rings. The highest BCUT2D eigenvalue weighted by Gasteiger charge is 2.36. The van der Waals surface area contributed by atoms with E-state index >= 15 is 0 Å². The monoisotopic (exact) mass is 330 g/mol. The third-order valence-electron chi connectivity index (χ3n) is 3.72. The van der Waals surface area contributed by atoms with Crippen molar-refractivity contribution in [2.45, 2.75) is 66.3 Å². The van der Waals surface area contributed by atoms with Crippen LogP contribution in [-0.2, 0) is 23.7 Å². The molecule has 0 aromatic rings. The Morgan fingerprint density at radius 3 is 2.26 bits per heavy atom. The zero-order chi connectivity index (χ0) is 17.4. The van der Waals surface area contributed by atoms with Gasteiger partial charge in [0.2, 0.25) is 0 Å². The number of rotatable bonds is 7. The average molecular weight is 330 g/mol. The molecular formula is C18H34O5. The van der Waals surface area contributed by atoms with Gasteiger partial charge in [0, 0.05) is 13.2 Å². The highest BCUT2D eigenvalue weighted by Crippen LogP contribution is 2.21. The van der Waals surface area contributed by atoms with Crippen LogP contribution < -0.4 is 0 Å². The first kappa shape index (κ1) is 20.4. The summed E-state index contributed by atoms with van der Waals surface area (Å²) in [7, 11) is 0. The molecule has 0 spiro atoms. The molecule has 4 unspecified atom stereocenters. The molecule has 0 aliphatic carbocycles. The van der Waals surface area contributed by atoms with Gasteiger partial charge in [-0.15, -0.1) is 0 Å². The van der Waals surface area contributed by atoms with E-state index in [1.165, 1.54) is 0 Å². The van der Waals surface area contributed by atoms with E-state index < -0.39 is 0 Å². The summed E-state index contributed by atoms with van der Waals surface area (Å²) in [4.78, 5) is 12.1. The van der Waals surface area contributed by atoms with E-state index in [9.17, 15) is 4.79 Å². The Kier molecular flexibility index (Phi) is 9.10. The molecule has 1 aliphatic heterocycles. The summed E-state index contributed by atoms with van der Waals surface area (Å²) >= 11 is 0. The van der Waals surface area contributed by atoms with Crippen LogP contribution in [0.4, 0.5) is 0 Å². The topological polar surface area (TPSA) is 54.0 Å². The molecule has 1 saturated heterocycles. The lowest BCUT2D eigenvalue weighted by Gasteiger charge is -2.32. The van der Waals surface area contributed by atoms with Gasteiger partial charge in [-0.3, -0.25) is 4.79 Å². The van der Waals surface area contributed by atoms with Crippen LogP contribution in [0.2, 0.25) is 0 Å². The van der Waals surface area contributed by atoms with Crippen LogP contribution in [0.3, 0.4) is 0 Å². The molecule has 0 bridgehead atoms. The van der Waals surface area contributed by atoms with Gasteiger partial charge in [0.25, 0.3) is 0 Å². The van der Waals surface area contributed by atoms with Crippen molar-refractivity contribution in [3.05, 3.63) is 0 Å². The second-order valence-corrected chi connectivity index (χ2v) is 7.28. The first-order valence-electron chi connectivity index (χ1n) is 8.86. The Morgan fingerprint density at radius 1 is 1.09 bits per heavy atom. The van der Waals surface area contributed by atoms with Gasteiger partial charge in [-0.2, -0.15) is 0 Å². The summed E-state index contributed by atoms with van der Waals surface area (Å²) in [6, 6.07) is 0. The fraction of sp³-hybridized carbons (Fsp3) is 0.944. The normalized spacial score (nSPS) is 30.0.